The molecule has 0 radical (unpaired) electrons. The van der Waals surface area contributed by atoms with Gasteiger partial charge in [0.15, 0.2) is 0 Å². The Balaban J connectivity index is 2.59. The highest BCUT2D eigenvalue weighted by Gasteiger charge is 2.37. The number of ether oxygens (including phenoxy) is 2. The molecule has 1 aromatic carbocycles. The lowest BCUT2D eigenvalue weighted by Crippen LogP contribution is -2.35. The first-order valence-corrected chi connectivity index (χ1v) is 6.89. The van der Waals surface area contributed by atoms with Gasteiger partial charge in [0.2, 0.25) is 9.84 Å². The normalized spacial score (nSPS) is 17.3. The number of carbonyl (C=O) groups excluding carboxylic acids is 1. The number of sulfone groups is 1. The van der Waals surface area contributed by atoms with Crippen LogP contribution in [0.5, 0.6) is 5.75 Å². The summed E-state index contributed by atoms with van der Waals surface area (Å²) in [4.78, 5) is 11.3. The minimum Gasteiger partial charge on any atom is -0.496 e. The third-order valence-electron chi connectivity index (χ3n) is 2.89. The predicted octanol–water partition coefficient (Wildman–Crippen LogP) is 0.324. The lowest BCUT2D eigenvalue weighted by Gasteiger charge is -2.10. The summed E-state index contributed by atoms with van der Waals surface area (Å²) in [5.41, 5.74) is 6.02. The maximum atomic E-state index is 12.3. The van der Waals surface area contributed by atoms with Gasteiger partial charge in [-0.05, 0) is 18.2 Å². The van der Waals surface area contributed by atoms with E-state index in [-0.39, 0.29) is 9.80 Å². The standard InChI is InChI=1S/C12H13NO5S/c1-17-8-4-3-5-9-7(8)6-10(19(9,15)16)11(13)12(14)18-2/h3-6,11H,13H2,1-2H3. The Morgan fingerprint density at radius 3 is 2.58 bits per heavy atom. The van der Waals surface area contributed by atoms with Crippen molar-refractivity contribution in [3.63, 3.8) is 0 Å². The Morgan fingerprint density at radius 1 is 1.32 bits per heavy atom. The highest BCUT2D eigenvalue weighted by Crippen LogP contribution is 2.39. The first-order chi connectivity index (χ1) is 8.93. The van der Waals surface area contributed by atoms with Gasteiger partial charge in [-0.1, -0.05) is 6.07 Å². The van der Waals surface area contributed by atoms with E-state index in [2.05, 4.69) is 4.74 Å². The molecule has 2 rings (SSSR count). The van der Waals surface area contributed by atoms with E-state index in [1.807, 2.05) is 0 Å². The third kappa shape index (κ3) is 2.00. The van der Waals surface area contributed by atoms with Crippen molar-refractivity contribution >= 4 is 21.9 Å². The summed E-state index contributed by atoms with van der Waals surface area (Å²) in [6, 6.07) is 3.31. The van der Waals surface area contributed by atoms with Crippen molar-refractivity contribution in [3.8, 4) is 5.75 Å². The Kier molecular flexibility index (Phi) is 3.34. The molecule has 19 heavy (non-hydrogen) atoms. The van der Waals surface area contributed by atoms with Crippen LogP contribution in [-0.2, 0) is 19.4 Å². The summed E-state index contributed by atoms with van der Waals surface area (Å²) in [5.74, 6) is -0.394. The number of benzene rings is 1. The quantitative estimate of drug-likeness (QED) is 0.803. The van der Waals surface area contributed by atoms with Gasteiger partial charge in [-0.25, -0.2) is 13.2 Å². The largest absolute Gasteiger partial charge is 0.496 e. The van der Waals surface area contributed by atoms with Crippen molar-refractivity contribution in [2.24, 2.45) is 5.73 Å². The molecular formula is C12H13NO5S. The second-order valence-corrected chi connectivity index (χ2v) is 5.84. The first-order valence-electron chi connectivity index (χ1n) is 5.40. The lowest BCUT2D eigenvalue weighted by molar-refractivity contribution is -0.141. The van der Waals surface area contributed by atoms with Gasteiger partial charge >= 0.3 is 5.97 Å². The Labute approximate surface area is 110 Å². The number of hydrogen-bond donors (Lipinski definition) is 1. The summed E-state index contributed by atoms with van der Waals surface area (Å²) in [5, 5.41) is 0. The number of fused-ring (bicyclic) bond motifs is 1. The Hall–Kier alpha value is -1.86. The molecule has 1 heterocycles. The zero-order chi connectivity index (χ0) is 14.2. The van der Waals surface area contributed by atoms with Crippen molar-refractivity contribution in [2.75, 3.05) is 14.2 Å². The highest BCUT2D eigenvalue weighted by atomic mass is 32.2. The highest BCUT2D eigenvalue weighted by molar-refractivity contribution is 7.96. The fraction of sp³-hybridized carbons (Fsp3) is 0.250. The number of esters is 1. The van der Waals surface area contributed by atoms with Gasteiger partial charge in [0.25, 0.3) is 0 Å². The molecule has 0 bridgehead atoms. The minimum absolute atomic E-state index is 0.0844. The third-order valence-corrected chi connectivity index (χ3v) is 4.82. The average Bonchev–Trinajstić information content (AvgIpc) is 2.68. The molecule has 102 valence electrons. The summed E-state index contributed by atoms with van der Waals surface area (Å²) in [7, 11) is -1.19. The Bertz CT molecular complexity index is 663. The van der Waals surface area contributed by atoms with Crippen LogP contribution < -0.4 is 10.5 Å². The van der Waals surface area contributed by atoms with Crippen LogP contribution in [0.1, 0.15) is 5.56 Å². The van der Waals surface area contributed by atoms with E-state index in [4.69, 9.17) is 10.5 Å². The van der Waals surface area contributed by atoms with Crippen LogP contribution in [-0.4, -0.2) is 34.6 Å². The van der Waals surface area contributed by atoms with Crippen molar-refractivity contribution in [3.05, 3.63) is 28.7 Å². The number of rotatable bonds is 3. The topological polar surface area (TPSA) is 95.7 Å². The number of nitrogens with two attached hydrogens (primary N) is 1. The summed E-state index contributed by atoms with van der Waals surface area (Å²) < 4.78 is 34.2. The van der Waals surface area contributed by atoms with E-state index in [0.29, 0.717) is 11.3 Å². The second-order valence-electron chi connectivity index (χ2n) is 3.92. The summed E-state index contributed by atoms with van der Waals surface area (Å²) in [6.45, 7) is 0. The van der Waals surface area contributed by atoms with Crippen molar-refractivity contribution in [1.29, 1.82) is 0 Å². The molecule has 0 spiro atoms. The minimum atomic E-state index is -3.78. The van der Waals surface area contributed by atoms with Crippen LogP contribution in [0.15, 0.2) is 28.0 Å². The molecule has 0 fully saturated rings. The van der Waals surface area contributed by atoms with Crippen LogP contribution >= 0.6 is 0 Å². The molecule has 0 aliphatic carbocycles. The molecule has 1 aliphatic rings. The number of hydrogen-bond acceptors (Lipinski definition) is 6. The smallest absolute Gasteiger partial charge is 0.328 e. The molecule has 6 nitrogen and oxygen atoms in total. The maximum absolute atomic E-state index is 12.3. The van der Waals surface area contributed by atoms with Crippen LogP contribution in [0.3, 0.4) is 0 Å². The van der Waals surface area contributed by atoms with E-state index in [1.54, 1.807) is 12.1 Å². The number of carbonyl (C=O) groups is 1. The molecule has 1 unspecified atom stereocenters. The van der Waals surface area contributed by atoms with Gasteiger partial charge in [-0.2, -0.15) is 0 Å². The lowest BCUT2D eigenvalue weighted by atomic mass is 10.1. The molecule has 0 saturated carbocycles. The zero-order valence-electron chi connectivity index (χ0n) is 10.4. The average molecular weight is 283 g/mol. The van der Waals surface area contributed by atoms with Crippen LogP contribution in [0.2, 0.25) is 0 Å². The molecule has 1 aliphatic heterocycles. The maximum Gasteiger partial charge on any atom is 0.328 e. The van der Waals surface area contributed by atoms with Gasteiger partial charge in [-0.3, -0.25) is 0 Å². The molecule has 1 atom stereocenters. The van der Waals surface area contributed by atoms with Crippen LogP contribution in [0, 0.1) is 0 Å². The fourth-order valence-electron chi connectivity index (χ4n) is 1.93. The van der Waals surface area contributed by atoms with E-state index < -0.39 is 21.8 Å². The van der Waals surface area contributed by atoms with Gasteiger partial charge in [0, 0.05) is 5.56 Å². The second kappa shape index (κ2) is 4.67. The van der Waals surface area contributed by atoms with Gasteiger partial charge in [0.1, 0.15) is 11.8 Å². The molecule has 2 N–H and O–H groups in total. The van der Waals surface area contributed by atoms with E-state index in [9.17, 15) is 13.2 Å². The van der Waals surface area contributed by atoms with Gasteiger partial charge in [-0.15, -0.1) is 0 Å². The molecule has 0 aromatic heterocycles. The molecule has 7 heteroatoms. The van der Waals surface area contributed by atoms with Gasteiger partial charge in [0.05, 0.1) is 24.0 Å². The molecule has 0 amide bonds. The van der Waals surface area contributed by atoms with Gasteiger partial charge < -0.3 is 15.2 Å². The molecule has 1 aromatic rings. The van der Waals surface area contributed by atoms with Crippen molar-refractivity contribution < 1.29 is 22.7 Å². The van der Waals surface area contributed by atoms with Crippen LogP contribution in [0.4, 0.5) is 0 Å². The van der Waals surface area contributed by atoms with E-state index >= 15 is 0 Å². The summed E-state index contributed by atoms with van der Waals surface area (Å²) >= 11 is 0. The van der Waals surface area contributed by atoms with Crippen LogP contribution in [0.25, 0.3) is 6.08 Å². The monoisotopic (exact) mass is 283 g/mol. The van der Waals surface area contributed by atoms with Crippen molar-refractivity contribution in [2.45, 2.75) is 10.9 Å². The predicted molar refractivity (Wildman–Crippen MR) is 68.1 cm³/mol. The zero-order valence-corrected chi connectivity index (χ0v) is 11.2. The summed E-state index contributed by atoms with van der Waals surface area (Å²) in [6.07, 6.45) is 1.35. The van der Waals surface area contributed by atoms with E-state index in [1.165, 1.54) is 19.3 Å². The number of methoxy groups -OCH3 is 2. The fourth-order valence-corrected chi connectivity index (χ4v) is 3.59. The van der Waals surface area contributed by atoms with Crippen molar-refractivity contribution in [1.82, 2.24) is 0 Å². The Morgan fingerprint density at radius 2 is 2.00 bits per heavy atom. The molecular weight excluding hydrogens is 270 g/mol. The molecule has 0 saturated heterocycles. The van der Waals surface area contributed by atoms with E-state index in [0.717, 1.165) is 7.11 Å². The first kappa shape index (κ1) is 13.6. The SMILES string of the molecule is COC(=O)C(N)C1=Cc2c(OC)cccc2S1(=O)=O.